The van der Waals surface area contributed by atoms with E-state index in [0.717, 1.165) is 19.4 Å². The SMILES string of the molecule is CCCCN(C)Cc1nc2c(O)c(Cl)cc(Cl)c2c(=O)n1C. The monoisotopic (exact) mass is 343 g/mol. The van der Waals surface area contributed by atoms with E-state index in [0.29, 0.717) is 12.4 Å². The fraction of sp³-hybridized carbons (Fsp3) is 0.467. The van der Waals surface area contributed by atoms with Gasteiger partial charge in [-0.05, 0) is 26.1 Å². The largest absolute Gasteiger partial charge is 0.504 e. The molecule has 1 aromatic carbocycles. The van der Waals surface area contributed by atoms with E-state index in [1.165, 1.54) is 10.6 Å². The van der Waals surface area contributed by atoms with Crippen molar-refractivity contribution in [3.8, 4) is 5.75 Å². The Bertz CT molecular complexity index is 759. The lowest BCUT2D eigenvalue weighted by atomic mass is 10.2. The van der Waals surface area contributed by atoms with Gasteiger partial charge in [0.05, 0.1) is 22.0 Å². The predicted molar refractivity (Wildman–Crippen MR) is 89.9 cm³/mol. The van der Waals surface area contributed by atoms with Crippen LogP contribution in [0, 0.1) is 0 Å². The lowest BCUT2D eigenvalue weighted by molar-refractivity contribution is 0.307. The first-order chi connectivity index (χ1) is 10.4. The molecule has 0 bridgehead atoms. The van der Waals surface area contributed by atoms with Crippen LogP contribution < -0.4 is 5.56 Å². The summed E-state index contributed by atoms with van der Waals surface area (Å²) in [5, 5.41) is 10.5. The summed E-state index contributed by atoms with van der Waals surface area (Å²) in [6.07, 6.45) is 2.17. The van der Waals surface area contributed by atoms with Gasteiger partial charge < -0.3 is 5.11 Å². The van der Waals surface area contributed by atoms with Gasteiger partial charge in [0.1, 0.15) is 11.3 Å². The highest BCUT2D eigenvalue weighted by Crippen LogP contribution is 2.34. The molecule has 5 nitrogen and oxygen atoms in total. The van der Waals surface area contributed by atoms with Crippen molar-refractivity contribution in [3.05, 3.63) is 32.3 Å². The van der Waals surface area contributed by atoms with Crippen molar-refractivity contribution >= 4 is 34.1 Å². The average Bonchev–Trinajstić information content (AvgIpc) is 2.47. The summed E-state index contributed by atoms with van der Waals surface area (Å²) in [6, 6.07) is 1.36. The molecule has 0 aliphatic rings. The van der Waals surface area contributed by atoms with E-state index < -0.39 is 0 Å². The zero-order valence-corrected chi connectivity index (χ0v) is 14.4. The highest BCUT2D eigenvalue weighted by atomic mass is 35.5. The van der Waals surface area contributed by atoms with Gasteiger partial charge in [0.25, 0.3) is 5.56 Å². The number of rotatable bonds is 5. The zero-order valence-electron chi connectivity index (χ0n) is 12.9. The molecule has 0 fully saturated rings. The molecule has 2 rings (SSSR count). The van der Waals surface area contributed by atoms with Crippen molar-refractivity contribution in [2.24, 2.45) is 7.05 Å². The number of nitrogens with zero attached hydrogens (tertiary/aromatic N) is 3. The molecule has 0 saturated carbocycles. The van der Waals surface area contributed by atoms with Crippen LogP contribution in [0.4, 0.5) is 0 Å². The number of unbranched alkanes of at least 4 members (excludes halogenated alkanes) is 1. The van der Waals surface area contributed by atoms with Crippen LogP contribution in [-0.4, -0.2) is 33.1 Å². The lowest BCUT2D eigenvalue weighted by Crippen LogP contribution is -2.28. The van der Waals surface area contributed by atoms with Crippen LogP contribution in [0.2, 0.25) is 10.0 Å². The molecule has 1 N–H and O–H groups in total. The Hall–Kier alpha value is -1.30. The number of aromatic hydroxyl groups is 1. The molecule has 0 saturated heterocycles. The molecule has 22 heavy (non-hydrogen) atoms. The summed E-state index contributed by atoms with van der Waals surface area (Å²) in [7, 11) is 3.62. The number of phenolic OH excluding ortho intramolecular Hbond substituents is 1. The lowest BCUT2D eigenvalue weighted by Gasteiger charge is -2.18. The van der Waals surface area contributed by atoms with Crippen LogP contribution in [0.3, 0.4) is 0 Å². The third kappa shape index (κ3) is 3.21. The molecule has 0 aliphatic carbocycles. The maximum absolute atomic E-state index is 12.5. The highest BCUT2D eigenvalue weighted by Gasteiger charge is 2.17. The van der Waals surface area contributed by atoms with Gasteiger partial charge in [-0.1, -0.05) is 36.5 Å². The molecule has 120 valence electrons. The van der Waals surface area contributed by atoms with Gasteiger partial charge in [-0.2, -0.15) is 0 Å². The first kappa shape index (κ1) is 17.1. The van der Waals surface area contributed by atoms with Crippen molar-refractivity contribution in [2.75, 3.05) is 13.6 Å². The Morgan fingerprint density at radius 3 is 2.68 bits per heavy atom. The van der Waals surface area contributed by atoms with Crippen LogP contribution >= 0.6 is 23.2 Å². The maximum atomic E-state index is 12.5. The van der Waals surface area contributed by atoms with E-state index in [9.17, 15) is 9.90 Å². The number of hydrogen-bond acceptors (Lipinski definition) is 4. The molecule has 0 aliphatic heterocycles. The molecule has 2 aromatic rings. The first-order valence-corrected chi connectivity index (χ1v) is 7.87. The number of aromatic nitrogens is 2. The number of halogens is 2. The van der Waals surface area contributed by atoms with Crippen molar-refractivity contribution in [2.45, 2.75) is 26.3 Å². The second-order valence-electron chi connectivity index (χ2n) is 5.40. The van der Waals surface area contributed by atoms with Crippen molar-refractivity contribution in [1.82, 2.24) is 14.5 Å². The third-order valence-corrected chi connectivity index (χ3v) is 4.22. The molecule has 0 atom stereocenters. The molecule has 1 aromatic heterocycles. The zero-order chi connectivity index (χ0) is 16.4. The van der Waals surface area contributed by atoms with Gasteiger partial charge in [-0.3, -0.25) is 14.3 Å². The van der Waals surface area contributed by atoms with Gasteiger partial charge in [0, 0.05) is 7.05 Å². The number of fused-ring (bicyclic) bond motifs is 1. The molecule has 0 radical (unpaired) electrons. The summed E-state index contributed by atoms with van der Waals surface area (Å²) in [5.41, 5.74) is -0.139. The average molecular weight is 344 g/mol. The third-order valence-electron chi connectivity index (χ3n) is 3.63. The Morgan fingerprint density at radius 1 is 1.36 bits per heavy atom. The second-order valence-corrected chi connectivity index (χ2v) is 6.21. The topological polar surface area (TPSA) is 58.4 Å². The Labute approximate surface area is 139 Å². The summed E-state index contributed by atoms with van der Waals surface area (Å²) in [6.45, 7) is 3.54. The van der Waals surface area contributed by atoms with Gasteiger partial charge in [-0.15, -0.1) is 0 Å². The van der Waals surface area contributed by atoms with Gasteiger partial charge in [0.15, 0.2) is 5.75 Å². The fourth-order valence-corrected chi connectivity index (χ4v) is 2.82. The molecule has 0 amide bonds. The number of benzene rings is 1. The molecular weight excluding hydrogens is 325 g/mol. The van der Waals surface area contributed by atoms with Crippen LogP contribution in [0.5, 0.6) is 5.75 Å². The summed E-state index contributed by atoms with van der Waals surface area (Å²) in [4.78, 5) is 19.0. The van der Waals surface area contributed by atoms with E-state index >= 15 is 0 Å². The van der Waals surface area contributed by atoms with Crippen molar-refractivity contribution in [1.29, 1.82) is 0 Å². The Kier molecular flexibility index (Phi) is 5.32. The van der Waals surface area contributed by atoms with E-state index in [1.807, 2.05) is 7.05 Å². The van der Waals surface area contributed by atoms with Crippen molar-refractivity contribution in [3.63, 3.8) is 0 Å². The van der Waals surface area contributed by atoms with Gasteiger partial charge in [-0.25, -0.2) is 4.98 Å². The minimum absolute atomic E-state index is 0.0866. The van der Waals surface area contributed by atoms with E-state index in [2.05, 4.69) is 16.8 Å². The summed E-state index contributed by atoms with van der Waals surface area (Å²) in [5.74, 6) is 0.348. The quantitative estimate of drug-likeness (QED) is 0.905. The Balaban J connectivity index is 2.56. The predicted octanol–water partition coefficient (Wildman–Crippen LogP) is 3.18. The van der Waals surface area contributed by atoms with E-state index in [1.54, 1.807) is 7.05 Å². The highest BCUT2D eigenvalue weighted by molar-refractivity contribution is 6.39. The van der Waals surface area contributed by atoms with Crippen LogP contribution in [-0.2, 0) is 13.6 Å². The van der Waals surface area contributed by atoms with E-state index in [-0.39, 0.29) is 32.3 Å². The van der Waals surface area contributed by atoms with Crippen LogP contribution in [0.15, 0.2) is 10.9 Å². The van der Waals surface area contributed by atoms with Crippen molar-refractivity contribution < 1.29 is 5.11 Å². The molecule has 0 unspecified atom stereocenters. The second kappa shape index (κ2) is 6.86. The molecular formula is C15H19Cl2N3O2. The standard InChI is InChI=1S/C15H19Cl2N3O2/c1-4-5-6-19(2)8-11-18-13-12(15(22)20(11)3)9(16)7-10(17)14(13)21/h7,21H,4-6,8H2,1-3H3. The minimum atomic E-state index is -0.291. The number of hydrogen-bond donors (Lipinski definition) is 1. The van der Waals surface area contributed by atoms with Crippen LogP contribution in [0.25, 0.3) is 10.9 Å². The number of phenols is 1. The Morgan fingerprint density at radius 2 is 2.05 bits per heavy atom. The smallest absolute Gasteiger partial charge is 0.262 e. The maximum Gasteiger partial charge on any atom is 0.262 e. The molecule has 7 heteroatoms. The fourth-order valence-electron chi connectivity index (χ4n) is 2.29. The van der Waals surface area contributed by atoms with Crippen LogP contribution in [0.1, 0.15) is 25.6 Å². The molecule has 1 heterocycles. The molecule has 0 spiro atoms. The minimum Gasteiger partial charge on any atom is -0.504 e. The summed E-state index contributed by atoms with van der Waals surface area (Å²) >= 11 is 12.0. The summed E-state index contributed by atoms with van der Waals surface area (Å²) < 4.78 is 1.46. The first-order valence-electron chi connectivity index (χ1n) is 7.12. The van der Waals surface area contributed by atoms with E-state index in [4.69, 9.17) is 23.2 Å². The van der Waals surface area contributed by atoms with Gasteiger partial charge in [0.2, 0.25) is 0 Å². The van der Waals surface area contributed by atoms with Gasteiger partial charge >= 0.3 is 0 Å². The normalized spacial score (nSPS) is 11.5.